The number of hydrogen-bond acceptors (Lipinski definition) is 5. The van der Waals surface area contributed by atoms with Crippen LogP contribution in [0.1, 0.15) is 18.1 Å². The molecule has 1 N–H and O–H groups in total. The molecule has 1 aliphatic carbocycles. The summed E-state index contributed by atoms with van der Waals surface area (Å²) in [6.45, 7) is 1.67. The van der Waals surface area contributed by atoms with Gasteiger partial charge in [0.05, 0.1) is 4.90 Å². The lowest BCUT2D eigenvalue weighted by Crippen LogP contribution is -2.38. The molecular formula is C24H23ClN2O4S. The molecule has 1 atom stereocenters. The zero-order valence-corrected chi connectivity index (χ0v) is 19.1. The lowest BCUT2D eigenvalue weighted by molar-refractivity contribution is 0.0313. The van der Waals surface area contributed by atoms with Gasteiger partial charge in [-0.05, 0) is 35.4 Å². The van der Waals surface area contributed by atoms with Gasteiger partial charge in [-0.2, -0.15) is 4.31 Å². The van der Waals surface area contributed by atoms with E-state index in [0.717, 1.165) is 22.3 Å². The van der Waals surface area contributed by atoms with Crippen molar-refractivity contribution >= 4 is 27.3 Å². The smallest absolute Gasteiger partial charge is 0.243 e. The van der Waals surface area contributed by atoms with E-state index in [9.17, 15) is 13.5 Å². The molecule has 0 spiro atoms. The Hall–Kier alpha value is -2.71. The lowest BCUT2D eigenvalue weighted by Gasteiger charge is -2.23. The van der Waals surface area contributed by atoms with Crippen molar-refractivity contribution in [2.45, 2.75) is 17.9 Å². The van der Waals surface area contributed by atoms with E-state index >= 15 is 0 Å². The Morgan fingerprint density at radius 3 is 2.00 bits per heavy atom. The number of benzene rings is 3. The van der Waals surface area contributed by atoms with Gasteiger partial charge in [0.25, 0.3) is 0 Å². The zero-order chi connectivity index (χ0) is 22.7. The third-order valence-electron chi connectivity index (χ3n) is 5.30. The van der Waals surface area contributed by atoms with E-state index in [0.29, 0.717) is 10.7 Å². The van der Waals surface area contributed by atoms with Crippen LogP contribution in [-0.4, -0.2) is 49.3 Å². The second-order valence-corrected chi connectivity index (χ2v) is 9.76. The van der Waals surface area contributed by atoms with Crippen LogP contribution in [0.3, 0.4) is 0 Å². The predicted octanol–water partition coefficient (Wildman–Crippen LogP) is 4.16. The van der Waals surface area contributed by atoms with E-state index in [4.69, 9.17) is 16.4 Å². The molecule has 0 saturated carbocycles. The van der Waals surface area contributed by atoms with Crippen molar-refractivity contribution < 1.29 is 18.4 Å². The first-order chi connectivity index (χ1) is 15.4. The van der Waals surface area contributed by atoms with Crippen molar-refractivity contribution in [2.24, 2.45) is 5.16 Å². The number of halogens is 1. The molecule has 3 aromatic carbocycles. The molecule has 8 heteroatoms. The standard InChI is InChI=1S/C24H23ClN2O4S/c1-2-27(32(29,30)19-13-11-17(25)12-14-19)15-18(28)16-31-26-24-22-9-5-3-7-20(22)21-8-4-6-10-23(21)24/h3-14,18,28H,2,15-16H2,1H3/t18-/m0/s1. The highest BCUT2D eigenvalue weighted by Crippen LogP contribution is 2.36. The molecule has 0 aliphatic heterocycles. The van der Waals surface area contributed by atoms with Crippen LogP contribution in [-0.2, 0) is 14.9 Å². The maximum Gasteiger partial charge on any atom is 0.243 e. The summed E-state index contributed by atoms with van der Waals surface area (Å²) >= 11 is 5.86. The normalized spacial score (nSPS) is 13.6. The molecule has 1 aliphatic rings. The van der Waals surface area contributed by atoms with E-state index in [1.807, 2.05) is 48.5 Å². The topological polar surface area (TPSA) is 79.2 Å². The fourth-order valence-corrected chi connectivity index (χ4v) is 5.33. The minimum Gasteiger partial charge on any atom is -0.392 e. The number of aliphatic hydroxyl groups is 1. The molecule has 0 saturated heterocycles. The van der Waals surface area contributed by atoms with Gasteiger partial charge in [0.1, 0.15) is 18.4 Å². The first kappa shape index (κ1) is 22.5. The molecule has 0 fully saturated rings. The highest BCUT2D eigenvalue weighted by Gasteiger charge is 2.27. The van der Waals surface area contributed by atoms with Gasteiger partial charge in [-0.15, -0.1) is 0 Å². The minimum absolute atomic E-state index is 0.112. The van der Waals surface area contributed by atoms with E-state index in [2.05, 4.69) is 5.16 Å². The summed E-state index contributed by atoms with van der Waals surface area (Å²) in [5.41, 5.74) is 4.78. The molecule has 0 bridgehead atoms. The molecule has 6 nitrogen and oxygen atoms in total. The van der Waals surface area contributed by atoms with Crippen LogP contribution in [0.5, 0.6) is 0 Å². The fraction of sp³-hybridized carbons (Fsp3) is 0.208. The number of sulfonamides is 1. The second-order valence-electron chi connectivity index (χ2n) is 7.39. The Morgan fingerprint density at radius 1 is 0.938 bits per heavy atom. The van der Waals surface area contributed by atoms with E-state index < -0.39 is 16.1 Å². The summed E-state index contributed by atoms with van der Waals surface area (Å²) in [6, 6.07) is 21.8. The first-order valence-corrected chi connectivity index (χ1v) is 12.1. The average molecular weight is 471 g/mol. The maximum absolute atomic E-state index is 12.9. The van der Waals surface area contributed by atoms with E-state index in [-0.39, 0.29) is 24.6 Å². The van der Waals surface area contributed by atoms with Gasteiger partial charge in [0, 0.05) is 29.2 Å². The van der Waals surface area contributed by atoms with Crippen molar-refractivity contribution in [3.8, 4) is 11.1 Å². The van der Waals surface area contributed by atoms with Gasteiger partial charge in [0.15, 0.2) is 0 Å². The van der Waals surface area contributed by atoms with Gasteiger partial charge in [0.2, 0.25) is 10.0 Å². The number of oxime groups is 1. The highest BCUT2D eigenvalue weighted by molar-refractivity contribution is 7.89. The van der Waals surface area contributed by atoms with Crippen molar-refractivity contribution in [3.63, 3.8) is 0 Å². The van der Waals surface area contributed by atoms with Crippen LogP contribution in [0.2, 0.25) is 5.02 Å². The molecule has 3 aromatic rings. The Balaban J connectivity index is 1.45. The number of aliphatic hydroxyl groups excluding tert-OH is 1. The number of hydrogen-bond donors (Lipinski definition) is 1. The van der Waals surface area contributed by atoms with E-state index in [1.54, 1.807) is 6.92 Å². The Labute approximate surface area is 192 Å². The van der Waals surface area contributed by atoms with Gasteiger partial charge in [-0.3, -0.25) is 0 Å². The minimum atomic E-state index is -3.76. The third-order valence-corrected chi connectivity index (χ3v) is 7.50. The molecule has 0 heterocycles. The Kier molecular flexibility index (Phi) is 6.62. The fourth-order valence-electron chi connectivity index (χ4n) is 3.72. The summed E-state index contributed by atoms with van der Waals surface area (Å²) in [7, 11) is -3.76. The van der Waals surface area contributed by atoms with Gasteiger partial charge in [-0.25, -0.2) is 8.42 Å². The van der Waals surface area contributed by atoms with Gasteiger partial charge < -0.3 is 9.94 Å². The Morgan fingerprint density at radius 2 is 1.47 bits per heavy atom. The van der Waals surface area contributed by atoms with Crippen LogP contribution in [0, 0.1) is 0 Å². The number of likely N-dealkylation sites (N-methyl/N-ethyl adjacent to an activating group) is 1. The van der Waals surface area contributed by atoms with Crippen molar-refractivity contribution in [3.05, 3.63) is 88.9 Å². The molecular weight excluding hydrogens is 448 g/mol. The zero-order valence-electron chi connectivity index (χ0n) is 17.5. The van der Waals surface area contributed by atoms with Crippen LogP contribution in [0.25, 0.3) is 11.1 Å². The summed E-state index contributed by atoms with van der Waals surface area (Å²) in [5, 5.41) is 15.2. The largest absolute Gasteiger partial charge is 0.392 e. The van der Waals surface area contributed by atoms with E-state index in [1.165, 1.54) is 28.6 Å². The summed E-state index contributed by atoms with van der Waals surface area (Å²) in [6.07, 6.45) is -1.05. The van der Waals surface area contributed by atoms with Gasteiger partial charge in [-0.1, -0.05) is 72.2 Å². The molecule has 166 valence electrons. The van der Waals surface area contributed by atoms with Crippen LogP contribution >= 0.6 is 11.6 Å². The van der Waals surface area contributed by atoms with Gasteiger partial charge >= 0.3 is 0 Å². The molecule has 4 rings (SSSR count). The van der Waals surface area contributed by atoms with Crippen molar-refractivity contribution in [1.29, 1.82) is 0 Å². The molecule has 0 aromatic heterocycles. The maximum atomic E-state index is 12.9. The quantitative estimate of drug-likeness (QED) is 0.392. The summed E-state index contributed by atoms with van der Waals surface area (Å²) < 4.78 is 26.9. The van der Waals surface area contributed by atoms with Crippen molar-refractivity contribution in [1.82, 2.24) is 4.31 Å². The predicted molar refractivity (Wildman–Crippen MR) is 125 cm³/mol. The molecule has 0 radical (unpaired) electrons. The van der Waals surface area contributed by atoms with Crippen molar-refractivity contribution in [2.75, 3.05) is 19.7 Å². The number of rotatable bonds is 8. The SMILES string of the molecule is CCN(C[C@H](O)CON=C1c2ccccc2-c2ccccc21)S(=O)(=O)c1ccc(Cl)cc1. The summed E-state index contributed by atoms with van der Waals surface area (Å²) in [5.74, 6) is 0. The monoisotopic (exact) mass is 470 g/mol. The van der Waals surface area contributed by atoms with Crippen LogP contribution in [0.4, 0.5) is 0 Å². The number of fused-ring (bicyclic) bond motifs is 3. The lowest BCUT2D eigenvalue weighted by atomic mass is 10.1. The first-order valence-electron chi connectivity index (χ1n) is 10.2. The molecule has 0 amide bonds. The second kappa shape index (κ2) is 9.42. The average Bonchev–Trinajstić information content (AvgIpc) is 3.12. The molecule has 32 heavy (non-hydrogen) atoms. The Bertz CT molecular complexity index is 1200. The van der Waals surface area contributed by atoms with Crippen LogP contribution in [0.15, 0.2) is 82.8 Å². The highest BCUT2D eigenvalue weighted by atomic mass is 35.5. The van der Waals surface area contributed by atoms with Crippen LogP contribution < -0.4 is 0 Å². The molecule has 0 unspecified atom stereocenters. The number of nitrogens with zero attached hydrogens (tertiary/aromatic N) is 2. The third kappa shape index (κ3) is 4.42. The summed E-state index contributed by atoms with van der Waals surface area (Å²) in [4.78, 5) is 5.59.